The average molecular weight is 205 g/mol. The average Bonchev–Trinajstić information content (AvgIpc) is 2.26. The predicted octanol–water partition coefficient (Wildman–Crippen LogP) is 3.05. The standard InChI is InChI=1S/C13H19NO/c1-4-10(2)9-15-13-7-5-12(6-8-13)11(3)14/h5-8,11H,2,4,9,14H2,1,3H3/t11-/m1/s1. The summed E-state index contributed by atoms with van der Waals surface area (Å²) < 4.78 is 5.55. The largest absolute Gasteiger partial charge is 0.489 e. The van der Waals surface area contributed by atoms with Gasteiger partial charge in [-0.3, -0.25) is 0 Å². The minimum Gasteiger partial charge on any atom is -0.489 e. The molecule has 0 heterocycles. The molecule has 15 heavy (non-hydrogen) atoms. The molecular formula is C13H19NO. The van der Waals surface area contributed by atoms with Crippen molar-refractivity contribution in [1.29, 1.82) is 0 Å². The fourth-order valence-corrected chi connectivity index (χ4v) is 1.16. The molecule has 0 aromatic heterocycles. The van der Waals surface area contributed by atoms with E-state index in [9.17, 15) is 0 Å². The summed E-state index contributed by atoms with van der Waals surface area (Å²) in [6.07, 6.45) is 0.956. The summed E-state index contributed by atoms with van der Waals surface area (Å²) in [7, 11) is 0. The molecule has 0 unspecified atom stereocenters. The topological polar surface area (TPSA) is 35.2 Å². The molecule has 1 aromatic rings. The van der Waals surface area contributed by atoms with E-state index in [2.05, 4.69) is 13.5 Å². The third-order valence-electron chi connectivity index (χ3n) is 2.35. The molecule has 2 heteroatoms. The number of nitrogens with two attached hydrogens (primary N) is 1. The lowest BCUT2D eigenvalue weighted by atomic mass is 10.1. The Morgan fingerprint density at radius 1 is 1.40 bits per heavy atom. The highest BCUT2D eigenvalue weighted by Gasteiger charge is 1.99. The fourth-order valence-electron chi connectivity index (χ4n) is 1.16. The predicted molar refractivity (Wildman–Crippen MR) is 64.0 cm³/mol. The second-order valence-corrected chi connectivity index (χ2v) is 3.75. The van der Waals surface area contributed by atoms with E-state index in [0.717, 1.165) is 23.3 Å². The highest BCUT2D eigenvalue weighted by atomic mass is 16.5. The monoisotopic (exact) mass is 205 g/mol. The molecule has 0 bridgehead atoms. The summed E-state index contributed by atoms with van der Waals surface area (Å²) >= 11 is 0. The lowest BCUT2D eigenvalue weighted by molar-refractivity contribution is 0.349. The van der Waals surface area contributed by atoms with Crippen molar-refractivity contribution in [2.24, 2.45) is 5.73 Å². The Morgan fingerprint density at radius 2 is 2.00 bits per heavy atom. The highest BCUT2D eigenvalue weighted by molar-refractivity contribution is 5.29. The maximum absolute atomic E-state index is 5.75. The molecule has 0 aliphatic heterocycles. The molecule has 2 nitrogen and oxygen atoms in total. The van der Waals surface area contributed by atoms with Gasteiger partial charge in [-0.05, 0) is 36.6 Å². The van der Waals surface area contributed by atoms with Crippen LogP contribution >= 0.6 is 0 Å². The molecule has 2 N–H and O–H groups in total. The van der Waals surface area contributed by atoms with Crippen LogP contribution < -0.4 is 10.5 Å². The molecule has 1 aromatic carbocycles. The van der Waals surface area contributed by atoms with E-state index >= 15 is 0 Å². The lowest BCUT2D eigenvalue weighted by Crippen LogP contribution is -2.05. The van der Waals surface area contributed by atoms with Gasteiger partial charge in [-0.25, -0.2) is 0 Å². The summed E-state index contributed by atoms with van der Waals surface area (Å²) in [5.74, 6) is 0.869. The van der Waals surface area contributed by atoms with Gasteiger partial charge >= 0.3 is 0 Å². The zero-order valence-corrected chi connectivity index (χ0v) is 9.49. The Morgan fingerprint density at radius 3 is 2.47 bits per heavy atom. The first-order valence-electron chi connectivity index (χ1n) is 5.28. The number of hydrogen-bond donors (Lipinski definition) is 1. The van der Waals surface area contributed by atoms with Gasteiger partial charge in [0.05, 0.1) is 0 Å². The minimum absolute atomic E-state index is 0.0738. The molecule has 0 aliphatic rings. The van der Waals surface area contributed by atoms with Gasteiger partial charge in [0.2, 0.25) is 0 Å². The minimum atomic E-state index is 0.0738. The van der Waals surface area contributed by atoms with Crippen LogP contribution in [0.1, 0.15) is 31.9 Å². The van der Waals surface area contributed by atoms with Gasteiger partial charge in [-0.2, -0.15) is 0 Å². The van der Waals surface area contributed by atoms with E-state index in [-0.39, 0.29) is 6.04 Å². The second-order valence-electron chi connectivity index (χ2n) is 3.75. The quantitative estimate of drug-likeness (QED) is 0.750. The molecule has 1 rings (SSSR count). The van der Waals surface area contributed by atoms with E-state index in [4.69, 9.17) is 10.5 Å². The fraction of sp³-hybridized carbons (Fsp3) is 0.385. The first-order chi connectivity index (χ1) is 7.13. The summed E-state index contributed by atoms with van der Waals surface area (Å²) in [6, 6.07) is 7.96. The molecule has 0 fully saturated rings. The zero-order valence-electron chi connectivity index (χ0n) is 9.49. The van der Waals surface area contributed by atoms with Crippen molar-refractivity contribution in [2.75, 3.05) is 6.61 Å². The number of benzene rings is 1. The van der Waals surface area contributed by atoms with Gasteiger partial charge in [0.25, 0.3) is 0 Å². The van der Waals surface area contributed by atoms with Crippen LogP contribution in [0.5, 0.6) is 5.75 Å². The molecule has 0 aliphatic carbocycles. The van der Waals surface area contributed by atoms with Crippen molar-refractivity contribution in [3.8, 4) is 5.75 Å². The maximum Gasteiger partial charge on any atom is 0.119 e. The summed E-state index contributed by atoms with van der Waals surface area (Å²) in [6.45, 7) is 8.52. The van der Waals surface area contributed by atoms with Gasteiger partial charge in [-0.1, -0.05) is 25.6 Å². The van der Waals surface area contributed by atoms with Crippen LogP contribution in [0.15, 0.2) is 36.4 Å². The zero-order chi connectivity index (χ0) is 11.3. The van der Waals surface area contributed by atoms with Crippen molar-refractivity contribution in [1.82, 2.24) is 0 Å². The second kappa shape index (κ2) is 5.56. The van der Waals surface area contributed by atoms with Gasteiger partial charge in [0.15, 0.2) is 0 Å². The molecule has 0 amide bonds. The summed E-state index contributed by atoms with van der Waals surface area (Å²) in [5.41, 5.74) is 7.98. The molecule has 0 saturated heterocycles. The number of ether oxygens (including phenoxy) is 1. The SMILES string of the molecule is C=C(CC)COc1ccc([C@@H](C)N)cc1. The van der Waals surface area contributed by atoms with Gasteiger partial charge < -0.3 is 10.5 Å². The van der Waals surface area contributed by atoms with Crippen LogP contribution in [0.3, 0.4) is 0 Å². The third kappa shape index (κ3) is 3.76. The van der Waals surface area contributed by atoms with Crippen LogP contribution in [0, 0.1) is 0 Å². The van der Waals surface area contributed by atoms with Crippen LogP contribution in [-0.4, -0.2) is 6.61 Å². The van der Waals surface area contributed by atoms with Crippen LogP contribution in [0.2, 0.25) is 0 Å². The maximum atomic E-state index is 5.75. The van der Waals surface area contributed by atoms with Crippen molar-refractivity contribution >= 4 is 0 Å². The van der Waals surface area contributed by atoms with Crippen LogP contribution in [0.4, 0.5) is 0 Å². The molecule has 0 radical (unpaired) electrons. The smallest absolute Gasteiger partial charge is 0.119 e. The van der Waals surface area contributed by atoms with Gasteiger partial charge in [0.1, 0.15) is 12.4 Å². The van der Waals surface area contributed by atoms with Crippen molar-refractivity contribution in [3.63, 3.8) is 0 Å². The first kappa shape index (κ1) is 11.8. The van der Waals surface area contributed by atoms with Crippen molar-refractivity contribution in [2.45, 2.75) is 26.3 Å². The van der Waals surface area contributed by atoms with E-state index in [1.165, 1.54) is 0 Å². The first-order valence-corrected chi connectivity index (χ1v) is 5.28. The Kier molecular flexibility index (Phi) is 4.37. The van der Waals surface area contributed by atoms with Crippen molar-refractivity contribution in [3.05, 3.63) is 42.0 Å². The lowest BCUT2D eigenvalue weighted by Gasteiger charge is -2.09. The summed E-state index contributed by atoms with van der Waals surface area (Å²) in [5, 5.41) is 0. The van der Waals surface area contributed by atoms with Gasteiger partial charge in [0, 0.05) is 6.04 Å². The Balaban J connectivity index is 2.53. The molecule has 82 valence electrons. The third-order valence-corrected chi connectivity index (χ3v) is 2.35. The Labute approximate surface area is 91.7 Å². The van der Waals surface area contributed by atoms with Crippen LogP contribution in [0.25, 0.3) is 0 Å². The van der Waals surface area contributed by atoms with E-state index in [1.807, 2.05) is 31.2 Å². The molecule has 0 spiro atoms. The Bertz CT molecular complexity index is 314. The molecule has 1 atom stereocenters. The number of rotatable bonds is 5. The normalized spacial score (nSPS) is 12.2. The summed E-state index contributed by atoms with van der Waals surface area (Å²) in [4.78, 5) is 0. The van der Waals surface area contributed by atoms with E-state index < -0.39 is 0 Å². The Hall–Kier alpha value is -1.28. The highest BCUT2D eigenvalue weighted by Crippen LogP contribution is 2.16. The van der Waals surface area contributed by atoms with E-state index in [0.29, 0.717) is 6.61 Å². The van der Waals surface area contributed by atoms with Crippen LogP contribution in [-0.2, 0) is 0 Å². The van der Waals surface area contributed by atoms with Crippen molar-refractivity contribution < 1.29 is 4.74 Å². The van der Waals surface area contributed by atoms with E-state index in [1.54, 1.807) is 0 Å². The molecular weight excluding hydrogens is 186 g/mol. The number of hydrogen-bond acceptors (Lipinski definition) is 2. The molecule has 0 saturated carbocycles. The van der Waals surface area contributed by atoms with Gasteiger partial charge in [-0.15, -0.1) is 0 Å².